The largest absolute Gasteiger partial charge is 0.491 e. The van der Waals surface area contributed by atoms with E-state index in [9.17, 15) is 0 Å². The smallest absolute Gasteiger partial charge is 0.142 e. The molecule has 0 heterocycles. The molecule has 0 aromatic heterocycles. The molecule has 124 valence electrons. The summed E-state index contributed by atoms with van der Waals surface area (Å²) in [5.74, 6) is 1.73. The van der Waals surface area contributed by atoms with Crippen LogP contribution in [0.2, 0.25) is 0 Å². The quantitative estimate of drug-likeness (QED) is 0.707. The molecule has 2 rings (SSSR count). The van der Waals surface area contributed by atoms with Crippen LogP contribution in [-0.2, 0) is 11.3 Å². The van der Waals surface area contributed by atoms with Crippen molar-refractivity contribution in [3.05, 3.63) is 54.1 Å². The second-order valence-electron chi connectivity index (χ2n) is 5.50. The van der Waals surface area contributed by atoms with Crippen LogP contribution in [0, 0.1) is 0 Å². The zero-order valence-corrected chi connectivity index (χ0v) is 14.0. The van der Waals surface area contributed by atoms with E-state index in [0.29, 0.717) is 13.2 Å². The van der Waals surface area contributed by atoms with Crippen LogP contribution in [0.25, 0.3) is 0 Å². The highest BCUT2D eigenvalue weighted by Gasteiger charge is 2.04. The summed E-state index contributed by atoms with van der Waals surface area (Å²) in [7, 11) is 1.67. The Hall–Kier alpha value is -2.20. The van der Waals surface area contributed by atoms with Crippen LogP contribution in [0.3, 0.4) is 0 Å². The molecule has 1 N–H and O–H groups in total. The summed E-state index contributed by atoms with van der Waals surface area (Å²) in [6, 6.07) is 16.1. The third-order valence-electron chi connectivity index (χ3n) is 3.21. The lowest BCUT2D eigenvalue weighted by Gasteiger charge is -2.15. The predicted molar refractivity (Wildman–Crippen MR) is 93.3 cm³/mol. The molecular formula is C19H25NO3. The molecular weight excluding hydrogens is 290 g/mol. The Morgan fingerprint density at radius 3 is 2.39 bits per heavy atom. The van der Waals surface area contributed by atoms with Gasteiger partial charge in [0.1, 0.15) is 18.1 Å². The number of anilines is 1. The fourth-order valence-corrected chi connectivity index (χ4v) is 2.11. The average molecular weight is 315 g/mol. The molecule has 0 spiro atoms. The van der Waals surface area contributed by atoms with Crippen LogP contribution < -0.4 is 14.8 Å². The van der Waals surface area contributed by atoms with Crippen molar-refractivity contribution in [3.8, 4) is 11.5 Å². The normalized spacial score (nSPS) is 10.6. The predicted octanol–water partition coefficient (Wildman–Crippen LogP) is 4.11. The zero-order valence-electron chi connectivity index (χ0n) is 14.0. The van der Waals surface area contributed by atoms with E-state index in [4.69, 9.17) is 14.2 Å². The van der Waals surface area contributed by atoms with Crippen LogP contribution in [-0.4, -0.2) is 26.4 Å². The van der Waals surface area contributed by atoms with E-state index in [1.165, 1.54) is 5.56 Å². The first-order valence-electron chi connectivity index (χ1n) is 7.89. The minimum Gasteiger partial charge on any atom is -0.491 e. The summed E-state index contributed by atoms with van der Waals surface area (Å²) >= 11 is 0. The molecule has 0 aliphatic carbocycles. The molecule has 4 heteroatoms. The Morgan fingerprint density at radius 1 is 0.957 bits per heavy atom. The van der Waals surface area contributed by atoms with Crippen molar-refractivity contribution in [2.45, 2.75) is 26.5 Å². The molecule has 0 unspecified atom stereocenters. The van der Waals surface area contributed by atoms with Crippen molar-refractivity contribution >= 4 is 5.69 Å². The first kappa shape index (κ1) is 17.2. The van der Waals surface area contributed by atoms with E-state index in [1.807, 2.05) is 50.2 Å². The van der Waals surface area contributed by atoms with Crippen molar-refractivity contribution in [1.29, 1.82) is 0 Å². The molecule has 0 fully saturated rings. The van der Waals surface area contributed by atoms with E-state index in [-0.39, 0.29) is 6.10 Å². The van der Waals surface area contributed by atoms with Crippen molar-refractivity contribution in [2.24, 2.45) is 0 Å². The van der Waals surface area contributed by atoms with Gasteiger partial charge in [-0.3, -0.25) is 0 Å². The molecule has 0 aliphatic rings. The number of para-hydroxylation sites is 2. The second kappa shape index (κ2) is 9.06. The number of nitrogens with one attached hydrogen (secondary N) is 1. The molecule has 2 aromatic rings. The average Bonchev–Trinajstić information content (AvgIpc) is 2.55. The van der Waals surface area contributed by atoms with Gasteiger partial charge in [-0.2, -0.15) is 0 Å². The van der Waals surface area contributed by atoms with Gasteiger partial charge in [0.05, 0.1) is 18.4 Å². The van der Waals surface area contributed by atoms with Crippen molar-refractivity contribution in [1.82, 2.24) is 0 Å². The topological polar surface area (TPSA) is 39.7 Å². The minimum atomic E-state index is 0.154. The SMILES string of the molecule is COCCOc1ccc(CNc2ccccc2OC(C)C)cc1. The van der Waals surface area contributed by atoms with Gasteiger partial charge in [0, 0.05) is 13.7 Å². The Labute approximate surface area is 138 Å². The lowest BCUT2D eigenvalue weighted by atomic mass is 10.2. The maximum absolute atomic E-state index is 5.81. The lowest BCUT2D eigenvalue weighted by Crippen LogP contribution is -2.08. The highest BCUT2D eigenvalue weighted by atomic mass is 16.5. The molecule has 0 saturated heterocycles. The van der Waals surface area contributed by atoms with Crippen LogP contribution in [0.1, 0.15) is 19.4 Å². The van der Waals surface area contributed by atoms with E-state index >= 15 is 0 Å². The number of hydrogen-bond acceptors (Lipinski definition) is 4. The minimum absolute atomic E-state index is 0.154. The van der Waals surface area contributed by atoms with Crippen LogP contribution in [0.4, 0.5) is 5.69 Å². The van der Waals surface area contributed by atoms with E-state index in [2.05, 4.69) is 17.4 Å². The Morgan fingerprint density at radius 2 is 1.70 bits per heavy atom. The molecule has 0 bridgehead atoms. The fourth-order valence-electron chi connectivity index (χ4n) is 2.11. The molecule has 0 atom stereocenters. The van der Waals surface area contributed by atoms with Gasteiger partial charge < -0.3 is 19.5 Å². The van der Waals surface area contributed by atoms with Crippen LogP contribution in [0.15, 0.2) is 48.5 Å². The maximum Gasteiger partial charge on any atom is 0.142 e. The summed E-state index contributed by atoms with van der Waals surface area (Å²) < 4.78 is 16.3. The van der Waals surface area contributed by atoms with E-state index < -0.39 is 0 Å². The first-order chi connectivity index (χ1) is 11.2. The second-order valence-corrected chi connectivity index (χ2v) is 5.50. The molecule has 0 aliphatic heterocycles. The molecule has 0 radical (unpaired) electrons. The van der Waals surface area contributed by atoms with Crippen LogP contribution in [0.5, 0.6) is 11.5 Å². The van der Waals surface area contributed by atoms with Crippen molar-refractivity contribution < 1.29 is 14.2 Å². The van der Waals surface area contributed by atoms with Crippen LogP contribution >= 0.6 is 0 Å². The van der Waals surface area contributed by atoms with Crippen molar-refractivity contribution in [3.63, 3.8) is 0 Å². The number of ether oxygens (including phenoxy) is 3. The first-order valence-corrected chi connectivity index (χ1v) is 7.89. The Kier molecular flexibility index (Phi) is 6.76. The zero-order chi connectivity index (χ0) is 16.5. The molecule has 2 aromatic carbocycles. The third kappa shape index (κ3) is 5.83. The van der Waals surface area contributed by atoms with E-state index in [0.717, 1.165) is 23.7 Å². The summed E-state index contributed by atoms with van der Waals surface area (Å²) in [6.45, 7) is 5.94. The summed E-state index contributed by atoms with van der Waals surface area (Å²) in [6.07, 6.45) is 0.154. The number of hydrogen-bond donors (Lipinski definition) is 1. The number of methoxy groups -OCH3 is 1. The van der Waals surface area contributed by atoms with Gasteiger partial charge in [-0.1, -0.05) is 24.3 Å². The van der Waals surface area contributed by atoms with Gasteiger partial charge in [0.25, 0.3) is 0 Å². The van der Waals surface area contributed by atoms with Gasteiger partial charge >= 0.3 is 0 Å². The lowest BCUT2D eigenvalue weighted by molar-refractivity contribution is 0.146. The summed E-state index contributed by atoms with van der Waals surface area (Å²) in [4.78, 5) is 0. The molecule has 23 heavy (non-hydrogen) atoms. The van der Waals surface area contributed by atoms with Gasteiger partial charge in [-0.05, 0) is 43.7 Å². The maximum atomic E-state index is 5.81. The van der Waals surface area contributed by atoms with E-state index in [1.54, 1.807) is 7.11 Å². The molecule has 4 nitrogen and oxygen atoms in total. The van der Waals surface area contributed by atoms with Gasteiger partial charge in [0.15, 0.2) is 0 Å². The van der Waals surface area contributed by atoms with Gasteiger partial charge in [0.2, 0.25) is 0 Å². The fraction of sp³-hybridized carbons (Fsp3) is 0.368. The van der Waals surface area contributed by atoms with Gasteiger partial charge in [-0.25, -0.2) is 0 Å². The highest BCUT2D eigenvalue weighted by Crippen LogP contribution is 2.25. The molecule has 0 amide bonds. The number of benzene rings is 2. The summed E-state index contributed by atoms with van der Waals surface area (Å²) in [5.41, 5.74) is 2.19. The van der Waals surface area contributed by atoms with Crippen molar-refractivity contribution in [2.75, 3.05) is 25.6 Å². The Bertz CT molecular complexity index is 581. The monoisotopic (exact) mass is 315 g/mol. The number of rotatable bonds is 9. The molecule has 0 saturated carbocycles. The summed E-state index contributed by atoms with van der Waals surface area (Å²) in [5, 5.41) is 3.42. The third-order valence-corrected chi connectivity index (χ3v) is 3.21. The highest BCUT2D eigenvalue weighted by molar-refractivity contribution is 5.56. The Balaban J connectivity index is 1.91. The standard InChI is InChI=1S/C19H25NO3/c1-15(2)23-19-7-5-4-6-18(19)20-14-16-8-10-17(11-9-16)22-13-12-21-3/h4-11,15,20H,12-14H2,1-3H3. The van der Waals surface area contributed by atoms with Gasteiger partial charge in [-0.15, -0.1) is 0 Å².